The Labute approximate surface area is 205 Å². The third-order valence-electron chi connectivity index (χ3n) is 4.73. The Morgan fingerprint density at radius 2 is 1.81 bits per heavy atom. The van der Waals surface area contributed by atoms with E-state index in [1.165, 1.54) is 16.7 Å². The number of hydrogen-bond acceptors (Lipinski definition) is 5. The minimum Gasteiger partial charge on any atom is -0.497 e. The van der Waals surface area contributed by atoms with E-state index in [4.69, 9.17) is 44.9 Å². The fourth-order valence-corrected chi connectivity index (χ4v) is 4.84. The molecule has 1 fully saturated rings. The van der Waals surface area contributed by atoms with Gasteiger partial charge in [-0.3, -0.25) is 9.69 Å². The van der Waals surface area contributed by atoms with Crippen molar-refractivity contribution in [1.82, 2.24) is 0 Å². The number of thioether (sulfide) groups is 1. The molecule has 1 heterocycles. The molecule has 0 spiro atoms. The van der Waals surface area contributed by atoms with Crippen LogP contribution in [-0.2, 0) is 11.4 Å². The lowest BCUT2D eigenvalue weighted by molar-refractivity contribution is -0.113. The average Bonchev–Trinajstić information content (AvgIpc) is 3.07. The highest BCUT2D eigenvalue weighted by atomic mass is 35.5. The van der Waals surface area contributed by atoms with Crippen molar-refractivity contribution in [1.29, 1.82) is 0 Å². The van der Waals surface area contributed by atoms with Crippen LogP contribution >= 0.6 is 47.2 Å². The molecule has 0 atom stereocenters. The van der Waals surface area contributed by atoms with Gasteiger partial charge in [0.25, 0.3) is 5.91 Å². The SMILES string of the molecule is COc1ccc(N2C(=O)/C(=C/c3ccccc3OCc3ccc(Cl)cc3Cl)SC2=S)cc1. The van der Waals surface area contributed by atoms with Crippen molar-refractivity contribution in [3.8, 4) is 11.5 Å². The van der Waals surface area contributed by atoms with Gasteiger partial charge in [0.2, 0.25) is 0 Å². The van der Waals surface area contributed by atoms with E-state index < -0.39 is 0 Å². The van der Waals surface area contributed by atoms with E-state index in [1.807, 2.05) is 30.3 Å². The van der Waals surface area contributed by atoms with Gasteiger partial charge in [-0.1, -0.05) is 71.4 Å². The van der Waals surface area contributed by atoms with Gasteiger partial charge >= 0.3 is 0 Å². The number of nitrogens with zero attached hydrogens (tertiary/aromatic N) is 1. The summed E-state index contributed by atoms with van der Waals surface area (Å²) in [5.74, 6) is 1.16. The van der Waals surface area contributed by atoms with Crippen LogP contribution in [0, 0.1) is 0 Å². The molecule has 1 saturated heterocycles. The van der Waals surface area contributed by atoms with Crippen LogP contribution in [0.15, 0.2) is 71.6 Å². The predicted molar refractivity (Wildman–Crippen MR) is 136 cm³/mol. The van der Waals surface area contributed by atoms with Gasteiger partial charge in [0.05, 0.1) is 17.7 Å². The van der Waals surface area contributed by atoms with E-state index in [0.29, 0.717) is 36.5 Å². The monoisotopic (exact) mass is 501 g/mol. The van der Waals surface area contributed by atoms with Gasteiger partial charge < -0.3 is 9.47 Å². The number of benzene rings is 3. The molecule has 162 valence electrons. The lowest BCUT2D eigenvalue weighted by Gasteiger charge is -2.14. The number of ether oxygens (including phenoxy) is 2. The van der Waals surface area contributed by atoms with Gasteiger partial charge in [-0.2, -0.15) is 0 Å². The molecule has 0 bridgehead atoms. The summed E-state index contributed by atoms with van der Waals surface area (Å²) in [5.41, 5.74) is 2.28. The van der Waals surface area contributed by atoms with E-state index >= 15 is 0 Å². The first-order chi connectivity index (χ1) is 15.5. The summed E-state index contributed by atoms with van der Waals surface area (Å²) in [7, 11) is 1.59. The van der Waals surface area contributed by atoms with Crippen LogP contribution in [0.25, 0.3) is 6.08 Å². The Bertz CT molecular complexity index is 1210. The number of amides is 1. The molecule has 0 N–H and O–H groups in total. The van der Waals surface area contributed by atoms with Crippen LogP contribution in [0.2, 0.25) is 10.0 Å². The zero-order valence-corrected chi connectivity index (χ0v) is 20.0. The quantitative estimate of drug-likeness (QED) is 0.269. The van der Waals surface area contributed by atoms with Crippen molar-refractivity contribution in [2.45, 2.75) is 6.61 Å². The standard InChI is InChI=1S/C24H17Cl2NO3S2/c1-29-19-10-8-18(9-11-19)27-23(28)22(32-24(27)31)12-15-4-2-3-5-21(15)30-14-16-6-7-17(25)13-20(16)26/h2-13H,14H2,1H3/b22-12-. The number of carbonyl (C=O) groups is 1. The largest absolute Gasteiger partial charge is 0.497 e. The first kappa shape index (κ1) is 22.7. The van der Waals surface area contributed by atoms with Crippen molar-refractivity contribution >= 4 is 69.2 Å². The van der Waals surface area contributed by atoms with Gasteiger partial charge in [0.1, 0.15) is 18.1 Å². The number of halogens is 2. The van der Waals surface area contributed by atoms with E-state index in [0.717, 1.165) is 11.1 Å². The number of para-hydroxylation sites is 1. The highest BCUT2D eigenvalue weighted by Gasteiger charge is 2.33. The van der Waals surface area contributed by atoms with Gasteiger partial charge in [0.15, 0.2) is 4.32 Å². The molecule has 0 aliphatic carbocycles. The number of hydrogen-bond donors (Lipinski definition) is 0. The lowest BCUT2D eigenvalue weighted by Crippen LogP contribution is -2.27. The molecule has 8 heteroatoms. The molecule has 0 aromatic heterocycles. The van der Waals surface area contributed by atoms with E-state index in [-0.39, 0.29) is 12.5 Å². The molecule has 3 aromatic carbocycles. The zero-order valence-electron chi connectivity index (χ0n) is 16.9. The summed E-state index contributed by atoms with van der Waals surface area (Å²) in [6.45, 7) is 0.271. The van der Waals surface area contributed by atoms with Gasteiger partial charge in [0, 0.05) is 21.2 Å². The molecule has 0 saturated carbocycles. The first-order valence-corrected chi connectivity index (χ1v) is 11.5. The molecule has 4 rings (SSSR count). The zero-order chi connectivity index (χ0) is 22.7. The van der Waals surface area contributed by atoms with Crippen LogP contribution in [0.5, 0.6) is 11.5 Å². The Kier molecular flexibility index (Phi) is 7.06. The Hall–Kier alpha value is -2.51. The Morgan fingerprint density at radius 1 is 1.06 bits per heavy atom. The fourth-order valence-electron chi connectivity index (χ4n) is 3.09. The van der Waals surface area contributed by atoms with Crippen LogP contribution in [-0.4, -0.2) is 17.3 Å². The van der Waals surface area contributed by atoms with Crippen LogP contribution < -0.4 is 14.4 Å². The molecule has 1 aliphatic heterocycles. The van der Waals surface area contributed by atoms with Gasteiger partial charge in [-0.05, 0) is 48.5 Å². The predicted octanol–water partition coefficient (Wildman–Crippen LogP) is 6.99. The van der Waals surface area contributed by atoms with Crippen LogP contribution in [0.4, 0.5) is 5.69 Å². The Morgan fingerprint density at radius 3 is 2.53 bits per heavy atom. The average molecular weight is 502 g/mol. The van der Waals surface area contributed by atoms with Crippen molar-refractivity contribution < 1.29 is 14.3 Å². The second kappa shape index (κ2) is 9.96. The molecule has 0 radical (unpaired) electrons. The van der Waals surface area contributed by atoms with Crippen molar-refractivity contribution in [2.24, 2.45) is 0 Å². The smallest absolute Gasteiger partial charge is 0.270 e. The van der Waals surface area contributed by atoms with Gasteiger partial charge in [-0.15, -0.1) is 0 Å². The first-order valence-electron chi connectivity index (χ1n) is 9.54. The second-order valence-corrected chi connectivity index (χ2v) is 9.30. The molecule has 3 aromatic rings. The van der Waals surface area contributed by atoms with Crippen molar-refractivity contribution in [3.05, 3.63) is 92.8 Å². The van der Waals surface area contributed by atoms with Crippen LogP contribution in [0.1, 0.15) is 11.1 Å². The summed E-state index contributed by atoms with van der Waals surface area (Å²) in [5, 5.41) is 1.10. The maximum atomic E-state index is 13.1. The third kappa shape index (κ3) is 4.94. The summed E-state index contributed by atoms with van der Waals surface area (Å²) in [6, 6.07) is 20.0. The molecule has 1 aliphatic rings. The highest BCUT2D eigenvalue weighted by molar-refractivity contribution is 8.27. The second-order valence-electron chi connectivity index (χ2n) is 6.78. The maximum absolute atomic E-state index is 13.1. The highest BCUT2D eigenvalue weighted by Crippen LogP contribution is 2.37. The van der Waals surface area contributed by atoms with Crippen LogP contribution in [0.3, 0.4) is 0 Å². The summed E-state index contributed by atoms with van der Waals surface area (Å²) in [6.07, 6.45) is 1.79. The van der Waals surface area contributed by atoms with Gasteiger partial charge in [-0.25, -0.2) is 0 Å². The fraction of sp³-hybridized carbons (Fsp3) is 0.0833. The number of thiocarbonyl (C=S) groups is 1. The minimum absolute atomic E-state index is 0.180. The van der Waals surface area contributed by atoms with E-state index in [2.05, 4.69) is 0 Å². The number of anilines is 1. The summed E-state index contributed by atoms with van der Waals surface area (Å²) in [4.78, 5) is 15.1. The molecule has 0 unspecified atom stereocenters. The summed E-state index contributed by atoms with van der Waals surface area (Å²) >= 11 is 18.9. The topological polar surface area (TPSA) is 38.8 Å². The maximum Gasteiger partial charge on any atom is 0.270 e. The molecular formula is C24H17Cl2NO3S2. The third-order valence-corrected chi connectivity index (χ3v) is 6.62. The molecule has 1 amide bonds. The summed E-state index contributed by atoms with van der Waals surface area (Å²) < 4.78 is 11.7. The molecule has 32 heavy (non-hydrogen) atoms. The molecular weight excluding hydrogens is 485 g/mol. The van der Waals surface area contributed by atoms with Crippen molar-refractivity contribution in [3.63, 3.8) is 0 Å². The minimum atomic E-state index is -0.180. The van der Waals surface area contributed by atoms with Crippen molar-refractivity contribution in [2.75, 3.05) is 12.0 Å². The molecule has 4 nitrogen and oxygen atoms in total. The number of methoxy groups -OCH3 is 1. The van der Waals surface area contributed by atoms with E-state index in [1.54, 1.807) is 49.6 Å². The van der Waals surface area contributed by atoms with E-state index in [9.17, 15) is 4.79 Å². The number of carbonyl (C=O) groups excluding carboxylic acids is 1. The normalized spacial score (nSPS) is 14.8. The number of rotatable bonds is 6. The lowest BCUT2D eigenvalue weighted by atomic mass is 10.1. The Balaban J connectivity index is 1.56.